The summed E-state index contributed by atoms with van der Waals surface area (Å²) in [5.41, 5.74) is 1.32. The largest absolute Gasteiger partial charge is 0.341 e. The van der Waals surface area contributed by atoms with Crippen molar-refractivity contribution in [3.05, 3.63) is 35.9 Å². The van der Waals surface area contributed by atoms with Crippen LogP contribution in [0.4, 0.5) is 0 Å². The molecule has 1 aromatic carbocycles. The molecule has 4 saturated carbocycles. The topological polar surface area (TPSA) is 23.6 Å². The van der Waals surface area contributed by atoms with Gasteiger partial charge in [0.15, 0.2) is 0 Å². The molecule has 4 bridgehead atoms. The van der Waals surface area contributed by atoms with Crippen molar-refractivity contribution in [3.63, 3.8) is 0 Å². The molecule has 1 saturated heterocycles. The van der Waals surface area contributed by atoms with E-state index in [0.717, 1.165) is 70.2 Å². The number of benzene rings is 1. The number of amides is 1. The van der Waals surface area contributed by atoms with E-state index in [1.807, 2.05) is 0 Å². The second kappa shape index (κ2) is 6.88. The Balaban J connectivity index is 1.26. The highest BCUT2D eigenvalue weighted by atomic mass is 79.9. The Morgan fingerprint density at radius 3 is 2.44 bits per heavy atom. The Bertz CT molecular complexity index is 692. The number of hydrogen-bond donors (Lipinski definition) is 0. The molecule has 2 unspecified atom stereocenters. The fourth-order valence-corrected chi connectivity index (χ4v) is 8.36. The summed E-state index contributed by atoms with van der Waals surface area (Å²) in [7, 11) is 0. The fourth-order valence-electron chi connectivity index (χ4n) is 6.91. The SMILES string of the molecule is O=C(N1CCCN(Cc2ccccc2)CC1)C12CC3CC(CC(Br)(C3)C1)C2. The zero-order valence-electron chi connectivity index (χ0n) is 16.2. The van der Waals surface area contributed by atoms with E-state index in [1.165, 1.54) is 24.8 Å². The summed E-state index contributed by atoms with van der Waals surface area (Å²) < 4.78 is 0.262. The third-order valence-electron chi connectivity index (χ3n) is 7.57. The van der Waals surface area contributed by atoms with Crippen molar-refractivity contribution in [2.45, 2.75) is 55.8 Å². The van der Waals surface area contributed by atoms with Crippen LogP contribution in [0.1, 0.15) is 50.5 Å². The molecule has 1 amide bonds. The van der Waals surface area contributed by atoms with Gasteiger partial charge in [-0.25, -0.2) is 0 Å². The van der Waals surface area contributed by atoms with Gasteiger partial charge in [0.1, 0.15) is 0 Å². The van der Waals surface area contributed by atoms with Crippen LogP contribution < -0.4 is 0 Å². The summed E-state index contributed by atoms with van der Waals surface area (Å²) in [4.78, 5) is 18.5. The first-order valence-corrected chi connectivity index (χ1v) is 11.6. The summed E-state index contributed by atoms with van der Waals surface area (Å²) in [6.45, 7) is 4.94. The predicted molar refractivity (Wildman–Crippen MR) is 112 cm³/mol. The van der Waals surface area contributed by atoms with E-state index in [4.69, 9.17) is 0 Å². The average molecular weight is 431 g/mol. The van der Waals surface area contributed by atoms with Crippen LogP contribution in [0, 0.1) is 17.3 Å². The van der Waals surface area contributed by atoms with Crippen LogP contribution >= 0.6 is 15.9 Å². The second-order valence-corrected chi connectivity index (χ2v) is 11.5. The third kappa shape index (κ3) is 3.48. The van der Waals surface area contributed by atoms with Gasteiger partial charge >= 0.3 is 0 Å². The Morgan fingerprint density at radius 1 is 1.00 bits per heavy atom. The molecule has 27 heavy (non-hydrogen) atoms. The lowest BCUT2D eigenvalue weighted by molar-refractivity contribution is -0.155. The molecule has 146 valence electrons. The van der Waals surface area contributed by atoms with Crippen LogP contribution in [0.25, 0.3) is 0 Å². The number of carbonyl (C=O) groups excluding carboxylic acids is 1. The summed E-state index contributed by atoms with van der Waals surface area (Å²) in [6.07, 6.45) is 8.44. The van der Waals surface area contributed by atoms with Crippen LogP contribution in [-0.4, -0.2) is 46.2 Å². The third-order valence-corrected chi connectivity index (χ3v) is 8.50. The highest BCUT2D eigenvalue weighted by Crippen LogP contribution is 2.64. The van der Waals surface area contributed by atoms with E-state index in [-0.39, 0.29) is 9.74 Å². The van der Waals surface area contributed by atoms with Gasteiger partial charge in [-0.15, -0.1) is 0 Å². The molecular weight excluding hydrogens is 400 g/mol. The number of hydrogen-bond acceptors (Lipinski definition) is 2. The summed E-state index contributed by atoms with van der Waals surface area (Å²) in [6, 6.07) is 10.7. The molecule has 2 atom stereocenters. The van der Waals surface area contributed by atoms with Gasteiger partial charge in [-0.2, -0.15) is 0 Å². The Morgan fingerprint density at radius 2 is 1.74 bits per heavy atom. The molecule has 1 aliphatic heterocycles. The lowest BCUT2D eigenvalue weighted by Gasteiger charge is -2.60. The molecule has 3 nitrogen and oxygen atoms in total. The van der Waals surface area contributed by atoms with Crippen molar-refractivity contribution >= 4 is 21.8 Å². The normalized spacial score (nSPS) is 38.8. The highest BCUT2D eigenvalue weighted by Gasteiger charge is 2.60. The minimum Gasteiger partial charge on any atom is -0.341 e. The van der Waals surface area contributed by atoms with E-state index < -0.39 is 0 Å². The van der Waals surface area contributed by atoms with Crippen molar-refractivity contribution in [3.8, 4) is 0 Å². The lowest BCUT2D eigenvalue weighted by Crippen LogP contribution is -2.59. The Hall–Kier alpha value is -0.870. The van der Waals surface area contributed by atoms with E-state index >= 15 is 0 Å². The average Bonchev–Trinajstić information content (AvgIpc) is 2.85. The van der Waals surface area contributed by atoms with Crippen molar-refractivity contribution in [1.29, 1.82) is 0 Å². The number of alkyl halides is 1. The molecule has 0 radical (unpaired) electrons. The molecule has 1 heterocycles. The number of nitrogens with zero attached hydrogens (tertiary/aromatic N) is 2. The second-order valence-electron chi connectivity index (χ2n) is 9.80. The molecule has 0 aromatic heterocycles. The molecule has 5 aliphatic rings. The highest BCUT2D eigenvalue weighted by molar-refractivity contribution is 9.10. The van der Waals surface area contributed by atoms with Crippen molar-refractivity contribution in [2.75, 3.05) is 26.2 Å². The molecule has 0 spiro atoms. The van der Waals surface area contributed by atoms with Crippen molar-refractivity contribution < 1.29 is 4.79 Å². The minimum absolute atomic E-state index is 0.0534. The number of carbonyl (C=O) groups is 1. The van der Waals surface area contributed by atoms with Gasteiger partial charge < -0.3 is 4.90 Å². The minimum atomic E-state index is -0.0534. The maximum Gasteiger partial charge on any atom is 0.228 e. The van der Waals surface area contributed by atoms with Crippen LogP contribution in [0.15, 0.2) is 30.3 Å². The van der Waals surface area contributed by atoms with Crippen molar-refractivity contribution in [1.82, 2.24) is 9.80 Å². The Labute approximate surface area is 171 Å². The summed E-state index contributed by atoms with van der Waals surface area (Å²) in [5.74, 6) is 2.04. The summed E-state index contributed by atoms with van der Waals surface area (Å²) in [5, 5.41) is 0. The lowest BCUT2D eigenvalue weighted by atomic mass is 9.49. The maximum atomic E-state index is 13.7. The molecule has 4 aliphatic carbocycles. The van der Waals surface area contributed by atoms with E-state index in [1.54, 1.807) is 0 Å². The zero-order valence-corrected chi connectivity index (χ0v) is 17.8. The first-order valence-electron chi connectivity index (χ1n) is 10.8. The monoisotopic (exact) mass is 430 g/mol. The maximum absolute atomic E-state index is 13.7. The summed E-state index contributed by atoms with van der Waals surface area (Å²) >= 11 is 4.07. The van der Waals surface area contributed by atoms with Gasteiger partial charge in [0, 0.05) is 37.0 Å². The van der Waals surface area contributed by atoms with Crippen molar-refractivity contribution in [2.24, 2.45) is 17.3 Å². The van der Waals surface area contributed by atoms with Crippen LogP contribution in [0.5, 0.6) is 0 Å². The zero-order chi connectivity index (χ0) is 18.5. The van der Waals surface area contributed by atoms with E-state index in [0.29, 0.717) is 5.91 Å². The predicted octanol–water partition coefficient (Wildman–Crippen LogP) is 4.45. The van der Waals surface area contributed by atoms with E-state index in [9.17, 15) is 4.79 Å². The van der Waals surface area contributed by atoms with Gasteiger partial charge in [0.2, 0.25) is 5.91 Å². The van der Waals surface area contributed by atoms with E-state index in [2.05, 4.69) is 56.1 Å². The molecule has 4 heteroatoms. The fraction of sp³-hybridized carbons (Fsp3) is 0.696. The van der Waals surface area contributed by atoms with Gasteiger partial charge in [-0.3, -0.25) is 9.69 Å². The number of rotatable bonds is 3. The molecule has 1 aromatic rings. The first kappa shape index (κ1) is 18.2. The molecule has 0 N–H and O–H groups in total. The number of halogens is 1. The van der Waals surface area contributed by atoms with Gasteiger partial charge in [-0.05, 0) is 62.3 Å². The van der Waals surface area contributed by atoms with Gasteiger partial charge in [0.25, 0.3) is 0 Å². The molecular formula is C23H31BrN2O. The smallest absolute Gasteiger partial charge is 0.228 e. The first-order chi connectivity index (χ1) is 13.0. The van der Waals surface area contributed by atoms with Crippen LogP contribution in [0.2, 0.25) is 0 Å². The van der Waals surface area contributed by atoms with Crippen LogP contribution in [0.3, 0.4) is 0 Å². The standard InChI is InChI=1S/C23H31BrN2O/c24-23-14-19-11-20(15-23)13-22(12-19,17-23)21(27)26-8-4-7-25(9-10-26)16-18-5-2-1-3-6-18/h1-3,5-6,19-20H,4,7-17H2. The quantitative estimate of drug-likeness (QED) is 0.660. The van der Waals surface area contributed by atoms with Gasteiger partial charge in [0.05, 0.1) is 5.41 Å². The Kier molecular flexibility index (Phi) is 4.63. The molecule has 5 fully saturated rings. The van der Waals surface area contributed by atoms with Crippen LogP contribution in [-0.2, 0) is 11.3 Å². The van der Waals surface area contributed by atoms with Gasteiger partial charge in [-0.1, -0.05) is 46.3 Å². The molecule has 6 rings (SSSR count).